The van der Waals surface area contributed by atoms with Gasteiger partial charge in [0.2, 0.25) is 0 Å². The Morgan fingerprint density at radius 1 is 1.56 bits per heavy atom. The molecule has 88 valence electrons. The van der Waals surface area contributed by atoms with Crippen molar-refractivity contribution in [2.75, 3.05) is 7.05 Å². The zero-order valence-electron chi connectivity index (χ0n) is 10.4. The molecular formula is C12H19N3S. The molecule has 2 rings (SSSR count). The quantitative estimate of drug-likeness (QED) is 0.791. The van der Waals surface area contributed by atoms with Crippen LogP contribution in [-0.2, 0) is 13.5 Å². The first-order valence-corrected chi connectivity index (χ1v) is 6.73. The molecule has 1 unspecified atom stereocenters. The summed E-state index contributed by atoms with van der Waals surface area (Å²) in [7, 11) is 3.99. The van der Waals surface area contributed by atoms with Crippen LogP contribution in [0.5, 0.6) is 0 Å². The molecule has 4 heteroatoms. The van der Waals surface area contributed by atoms with Gasteiger partial charge in [-0.15, -0.1) is 11.8 Å². The van der Waals surface area contributed by atoms with Gasteiger partial charge in [0.1, 0.15) is 10.9 Å². The van der Waals surface area contributed by atoms with Crippen LogP contribution in [0.15, 0.2) is 10.0 Å². The predicted octanol–water partition coefficient (Wildman–Crippen LogP) is 2.68. The lowest BCUT2D eigenvalue weighted by Crippen LogP contribution is -2.18. The minimum Gasteiger partial charge on any atom is -0.329 e. The third-order valence-corrected chi connectivity index (χ3v) is 4.04. The van der Waals surface area contributed by atoms with E-state index in [0.29, 0.717) is 5.25 Å². The number of hydrogen-bond acceptors (Lipinski definition) is 3. The minimum atomic E-state index is 0.593. The van der Waals surface area contributed by atoms with Gasteiger partial charge in [0.05, 0.1) is 11.4 Å². The molecule has 1 aromatic heterocycles. The van der Waals surface area contributed by atoms with Crippen molar-refractivity contribution in [1.82, 2.24) is 9.55 Å². The second kappa shape index (κ2) is 4.62. The fourth-order valence-corrected chi connectivity index (χ4v) is 3.31. The Bertz CT molecular complexity index is 420. The van der Waals surface area contributed by atoms with Crippen molar-refractivity contribution in [3.05, 3.63) is 11.5 Å². The summed E-state index contributed by atoms with van der Waals surface area (Å²) >= 11 is 1.88. The Morgan fingerprint density at radius 2 is 2.31 bits per heavy atom. The lowest BCUT2D eigenvalue weighted by molar-refractivity contribution is 0.753. The summed E-state index contributed by atoms with van der Waals surface area (Å²) in [6.07, 6.45) is 3.25. The van der Waals surface area contributed by atoms with Crippen molar-refractivity contribution >= 4 is 17.5 Å². The molecule has 16 heavy (non-hydrogen) atoms. The number of fused-ring (bicyclic) bond motifs is 1. The highest BCUT2D eigenvalue weighted by atomic mass is 32.2. The summed E-state index contributed by atoms with van der Waals surface area (Å²) in [6.45, 7) is 4.44. The summed E-state index contributed by atoms with van der Waals surface area (Å²) in [6, 6.07) is 0. The maximum atomic E-state index is 4.73. The van der Waals surface area contributed by atoms with Gasteiger partial charge in [-0.3, -0.25) is 4.99 Å². The molecule has 0 spiro atoms. The second-order valence-corrected chi connectivity index (χ2v) is 5.72. The lowest BCUT2D eigenvalue weighted by Gasteiger charge is -2.19. The first-order chi connectivity index (χ1) is 7.67. The average Bonchev–Trinajstić information content (AvgIpc) is 2.55. The van der Waals surface area contributed by atoms with Crippen LogP contribution in [0.1, 0.15) is 38.2 Å². The summed E-state index contributed by atoms with van der Waals surface area (Å²) in [5, 5.41) is 1.76. The molecule has 0 aromatic carbocycles. The molecule has 0 fully saturated rings. The highest BCUT2D eigenvalue weighted by molar-refractivity contribution is 8.00. The van der Waals surface area contributed by atoms with E-state index in [1.54, 1.807) is 0 Å². The van der Waals surface area contributed by atoms with Crippen LogP contribution in [0.4, 0.5) is 0 Å². The number of thioether (sulfide) groups is 1. The predicted molar refractivity (Wildman–Crippen MR) is 69.6 cm³/mol. The zero-order valence-corrected chi connectivity index (χ0v) is 11.3. The number of aryl methyl sites for hydroxylation is 1. The summed E-state index contributed by atoms with van der Waals surface area (Å²) in [5.41, 5.74) is 2.45. The number of nitrogens with zero attached hydrogens (tertiary/aromatic N) is 3. The highest BCUT2D eigenvalue weighted by Gasteiger charge is 2.26. The van der Waals surface area contributed by atoms with Gasteiger partial charge < -0.3 is 4.57 Å². The molecule has 1 atom stereocenters. The summed E-state index contributed by atoms with van der Waals surface area (Å²) in [5.74, 6) is 1.19. The van der Waals surface area contributed by atoms with Crippen molar-refractivity contribution in [2.45, 2.75) is 43.4 Å². The topological polar surface area (TPSA) is 30.2 Å². The van der Waals surface area contributed by atoms with Gasteiger partial charge in [-0.1, -0.05) is 13.8 Å². The normalized spacial score (nSPS) is 22.5. The van der Waals surface area contributed by atoms with Gasteiger partial charge >= 0.3 is 0 Å². The largest absolute Gasteiger partial charge is 0.329 e. The van der Waals surface area contributed by atoms with Gasteiger partial charge in [0, 0.05) is 32.2 Å². The van der Waals surface area contributed by atoms with Crippen molar-refractivity contribution in [2.24, 2.45) is 12.0 Å². The van der Waals surface area contributed by atoms with Crippen LogP contribution < -0.4 is 0 Å². The van der Waals surface area contributed by atoms with Crippen molar-refractivity contribution in [1.29, 1.82) is 0 Å². The van der Waals surface area contributed by atoms with Gasteiger partial charge in [-0.25, -0.2) is 4.98 Å². The average molecular weight is 237 g/mol. The third kappa shape index (κ3) is 1.90. The minimum absolute atomic E-state index is 0.593. The van der Waals surface area contributed by atoms with Gasteiger partial charge in [-0.05, 0) is 6.42 Å². The zero-order chi connectivity index (χ0) is 11.7. The molecule has 1 aliphatic heterocycles. The molecule has 0 saturated heterocycles. The molecule has 0 radical (unpaired) electrons. The Kier molecular flexibility index (Phi) is 3.38. The molecule has 1 aromatic rings. The summed E-state index contributed by atoms with van der Waals surface area (Å²) in [4.78, 5) is 9.15. The fraction of sp³-hybridized carbons (Fsp3) is 0.667. The standard InChI is InChI=1S/C12H19N3S/c1-5-6-10-14-12-11(15(10)4)9(13-3)7-8(2)16-12/h8H,5-7H2,1-4H3. The van der Waals surface area contributed by atoms with Crippen LogP contribution >= 0.6 is 11.8 Å². The molecule has 3 nitrogen and oxygen atoms in total. The second-order valence-electron chi connectivity index (χ2n) is 4.29. The highest BCUT2D eigenvalue weighted by Crippen LogP contribution is 2.35. The number of aliphatic imine (C=N–C) groups is 1. The van der Waals surface area contributed by atoms with Crippen molar-refractivity contribution in [3.63, 3.8) is 0 Å². The Morgan fingerprint density at radius 3 is 2.94 bits per heavy atom. The molecule has 1 aliphatic rings. The molecule has 0 N–H and O–H groups in total. The number of hydrogen-bond donors (Lipinski definition) is 0. The maximum Gasteiger partial charge on any atom is 0.124 e. The van der Waals surface area contributed by atoms with Crippen molar-refractivity contribution < 1.29 is 0 Å². The van der Waals surface area contributed by atoms with Crippen molar-refractivity contribution in [3.8, 4) is 0 Å². The van der Waals surface area contributed by atoms with E-state index in [0.717, 1.165) is 19.3 Å². The lowest BCUT2D eigenvalue weighted by atomic mass is 10.1. The monoisotopic (exact) mass is 237 g/mol. The van der Waals surface area contributed by atoms with Crippen LogP contribution in [0.25, 0.3) is 0 Å². The van der Waals surface area contributed by atoms with E-state index in [1.807, 2.05) is 18.8 Å². The van der Waals surface area contributed by atoms with E-state index in [-0.39, 0.29) is 0 Å². The van der Waals surface area contributed by atoms with Gasteiger partial charge in [-0.2, -0.15) is 0 Å². The maximum absolute atomic E-state index is 4.73. The molecule has 0 bridgehead atoms. The third-order valence-electron chi connectivity index (χ3n) is 2.97. The van der Waals surface area contributed by atoms with Crippen LogP contribution in [-0.4, -0.2) is 27.6 Å². The smallest absolute Gasteiger partial charge is 0.124 e. The van der Waals surface area contributed by atoms with E-state index in [9.17, 15) is 0 Å². The fourth-order valence-electron chi connectivity index (χ4n) is 2.16. The molecular weight excluding hydrogens is 218 g/mol. The number of imidazole rings is 1. The molecule has 0 aliphatic carbocycles. The van der Waals surface area contributed by atoms with Crippen LogP contribution in [0.3, 0.4) is 0 Å². The van der Waals surface area contributed by atoms with E-state index in [4.69, 9.17) is 4.98 Å². The first kappa shape index (κ1) is 11.7. The SMILES string of the molecule is CCCc1nc2c(n1C)C(=NC)CC(C)S2. The summed E-state index contributed by atoms with van der Waals surface area (Å²) < 4.78 is 2.22. The molecule has 2 heterocycles. The van der Waals surface area contributed by atoms with E-state index in [1.165, 1.54) is 22.3 Å². The number of rotatable bonds is 2. The van der Waals surface area contributed by atoms with Crippen LogP contribution in [0.2, 0.25) is 0 Å². The molecule has 0 saturated carbocycles. The Balaban J connectivity index is 2.47. The Labute approximate surface area is 101 Å². The van der Waals surface area contributed by atoms with E-state index in [2.05, 4.69) is 30.5 Å². The van der Waals surface area contributed by atoms with Gasteiger partial charge in [0.25, 0.3) is 0 Å². The molecule has 0 amide bonds. The number of aromatic nitrogens is 2. The van der Waals surface area contributed by atoms with Crippen LogP contribution in [0, 0.1) is 0 Å². The van der Waals surface area contributed by atoms with Gasteiger partial charge in [0.15, 0.2) is 0 Å². The Hall–Kier alpha value is -0.770. The van der Waals surface area contributed by atoms with E-state index < -0.39 is 0 Å². The first-order valence-electron chi connectivity index (χ1n) is 5.85. The van der Waals surface area contributed by atoms with E-state index >= 15 is 0 Å².